The molecule has 1 N–H and O–H groups in total. The molecule has 2 nitrogen and oxygen atoms in total. The quantitative estimate of drug-likeness (QED) is 0.645. The third kappa shape index (κ3) is 5.49. The summed E-state index contributed by atoms with van der Waals surface area (Å²) in [6.45, 7) is 2.22. The molecule has 0 saturated carbocycles. The van der Waals surface area contributed by atoms with Gasteiger partial charge in [0.2, 0.25) is 0 Å². The third-order valence-electron chi connectivity index (χ3n) is 3.79. The van der Waals surface area contributed by atoms with Crippen LogP contribution in [0.1, 0.15) is 51.0 Å². The number of nitrogens with one attached hydrogen (secondary N) is 1. The molecule has 114 valence electrons. The molecular weight excluding hydrogens is 253 g/mol. The summed E-state index contributed by atoms with van der Waals surface area (Å²) in [7, 11) is 3.46. The summed E-state index contributed by atoms with van der Waals surface area (Å²) in [4.78, 5) is 0. The van der Waals surface area contributed by atoms with Crippen LogP contribution in [0.2, 0.25) is 0 Å². The van der Waals surface area contributed by atoms with Crippen LogP contribution in [0.3, 0.4) is 0 Å². The lowest BCUT2D eigenvalue weighted by Crippen LogP contribution is -2.27. The van der Waals surface area contributed by atoms with Crippen molar-refractivity contribution in [3.63, 3.8) is 0 Å². The number of halogens is 1. The largest absolute Gasteiger partial charge is 0.494 e. The van der Waals surface area contributed by atoms with Crippen molar-refractivity contribution in [1.82, 2.24) is 5.32 Å². The Labute approximate surface area is 122 Å². The van der Waals surface area contributed by atoms with Crippen molar-refractivity contribution in [2.45, 2.75) is 57.9 Å². The van der Waals surface area contributed by atoms with Crippen LogP contribution < -0.4 is 10.1 Å². The first kappa shape index (κ1) is 17.0. The first-order chi connectivity index (χ1) is 9.72. The van der Waals surface area contributed by atoms with Gasteiger partial charge in [0.1, 0.15) is 0 Å². The molecule has 0 saturated heterocycles. The van der Waals surface area contributed by atoms with Crippen molar-refractivity contribution in [2.75, 3.05) is 14.2 Å². The maximum absolute atomic E-state index is 14.1. The number of benzene rings is 1. The Hall–Kier alpha value is -1.09. The highest BCUT2D eigenvalue weighted by Gasteiger charge is 2.13. The van der Waals surface area contributed by atoms with Gasteiger partial charge in [0.25, 0.3) is 0 Å². The molecule has 0 aliphatic carbocycles. The minimum atomic E-state index is -0.221. The van der Waals surface area contributed by atoms with Crippen molar-refractivity contribution in [1.29, 1.82) is 0 Å². The van der Waals surface area contributed by atoms with Gasteiger partial charge in [0.15, 0.2) is 11.6 Å². The van der Waals surface area contributed by atoms with E-state index >= 15 is 0 Å². The molecule has 0 fully saturated rings. The van der Waals surface area contributed by atoms with Gasteiger partial charge >= 0.3 is 0 Å². The minimum Gasteiger partial charge on any atom is -0.494 e. The van der Waals surface area contributed by atoms with Gasteiger partial charge in [0.05, 0.1) is 7.11 Å². The summed E-state index contributed by atoms with van der Waals surface area (Å²) in [6, 6.07) is 5.70. The molecule has 1 aromatic carbocycles. The van der Waals surface area contributed by atoms with Gasteiger partial charge < -0.3 is 10.1 Å². The molecule has 0 aliphatic rings. The van der Waals surface area contributed by atoms with Crippen LogP contribution in [0, 0.1) is 5.82 Å². The highest BCUT2D eigenvalue weighted by Crippen LogP contribution is 2.22. The van der Waals surface area contributed by atoms with Crippen LogP contribution >= 0.6 is 0 Å². The van der Waals surface area contributed by atoms with Gasteiger partial charge in [-0.2, -0.15) is 0 Å². The monoisotopic (exact) mass is 281 g/mol. The van der Waals surface area contributed by atoms with Crippen LogP contribution in [0.4, 0.5) is 4.39 Å². The Kier molecular flexibility index (Phi) is 8.28. The number of unbranched alkanes of at least 4 members (excludes halogenated alkanes) is 4. The Morgan fingerprint density at radius 2 is 1.95 bits per heavy atom. The van der Waals surface area contributed by atoms with E-state index in [2.05, 4.69) is 12.2 Å². The van der Waals surface area contributed by atoms with Gasteiger partial charge in [-0.3, -0.25) is 0 Å². The van der Waals surface area contributed by atoms with Crippen LogP contribution in [-0.2, 0) is 6.42 Å². The van der Waals surface area contributed by atoms with Gasteiger partial charge in [-0.15, -0.1) is 0 Å². The molecule has 0 amide bonds. The Bertz CT molecular complexity index is 381. The summed E-state index contributed by atoms with van der Waals surface area (Å²) in [5.41, 5.74) is 0.734. The summed E-state index contributed by atoms with van der Waals surface area (Å²) in [5, 5.41) is 3.30. The van der Waals surface area contributed by atoms with Crippen molar-refractivity contribution in [2.24, 2.45) is 0 Å². The topological polar surface area (TPSA) is 21.3 Å². The van der Waals surface area contributed by atoms with Gasteiger partial charge in [-0.05, 0) is 31.5 Å². The van der Waals surface area contributed by atoms with E-state index in [1.165, 1.54) is 39.2 Å². The first-order valence-electron chi connectivity index (χ1n) is 7.71. The van der Waals surface area contributed by atoms with E-state index in [1.54, 1.807) is 6.07 Å². The molecule has 0 heterocycles. The van der Waals surface area contributed by atoms with Crippen LogP contribution in [-0.4, -0.2) is 20.2 Å². The second kappa shape index (κ2) is 9.76. The SMILES string of the molecule is CCCCCCCC(Cc1cccc(OC)c1F)NC. The molecule has 3 heteroatoms. The molecule has 0 aliphatic heterocycles. The third-order valence-corrected chi connectivity index (χ3v) is 3.79. The fourth-order valence-electron chi connectivity index (χ4n) is 2.48. The highest BCUT2D eigenvalue weighted by atomic mass is 19.1. The molecule has 1 aromatic rings. The molecule has 1 unspecified atom stereocenters. The number of hydrogen-bond donors (Lipinski definition) is 1. The number of rotatable bonds is 10. The number of ether oxygens (including phenoxy) is 1. The van der Waals surface area contributed by atoms with E-state index in [0.29, 0.717) is 18.2 Å². The van der Waals surface area contributed by atoms with Gasteiger partial charge in [-0.1, -0.05) is 51.2 Å². The van der Waals surface area contributed by atoms with Gasteiger partial charge in [0, 0.05) is 6.04 Å². The van der Waals surface area contributed by atoms with E-state index in [9.17, 15) is 4.39 Å². The lowest BCUT2D eigenvalue weighted by atomic mass is 9.99. The molecule has 0 bridgehead atoms. The molecule has 0 spiro atoms. The lowest BCUT2D eigenvalue weighted by molar-refractivity contribution is 0.381. The Balaban J connectivity index is 2.47. The first-order valence-corrected chi connectivity index (χ1v) is 7.71. The average Bonchev–Trinajstić information content (AvgIpc) is 2.47. The summed E-state index contributed by atoms with van der Waals surface area (Å²) in [6.07, 6.45) is 8.17. The zero-order valence-electron chi connectivity index (χ0n) is 13.0. The minimum absolute atomic E-state index is 0.221. The predicted octanol–water partition coefficient (Wildman–Crippen LogP) is 4.33. The van der Waals surface area contributed by atoms with E-state index in [1.807, 2.05) is 19.2 Å². The van der Waals surface area contributed by atoms with Crippen molar-refractivity contribution >= 4 is 0 Å². The number of methoxy groups -OCH3 is 1. The zero-order chi connectivity index (χ0) is 14.8. The Morgan fingerprint density at radius 3 is 2.60 bits per heavy atom. The Morgan fingerprint density at radius 1 is 1.20 bits per heavy atom. The van der Waals surface area contributed by atoms with Crippen LogP contribution in [0.15, 0.2) is 18.2 Å². The van der Waals surface area contributed by atoms with E-state index in [4.69, 9.17) is 4.74 Å². The fraction of sp³-hybridized carbons (Fsp3) is 0.647. The van der Waals surface area contributed by atoms with Crippen molar-refractivity contribution in [3.8, 4) is 5.75 Å². The highest BCUT2D eigenvalue weighted by molar-refractivity contribution is 5.31. The standard InChI is InChI=1S/C17H28FNO/c1-4-5-6-7-8-11-15(19-2)13-14-10-9-12-16(20-3)17(14)18/h9-10,12,15,19H,4-8,11,13H2,1-3H3. The van der Waals surface area contributed by atoms with E-state index in [0.717, 1.165) is 12.0 Å². The van der Waals surface area contributed by atoms with E-state index in [-0.39, 0.29) is 5.82 Å². The summed E-state index contributed by atoms with van der Waals surface area (Å²) < 4.78 is 19.1. The normalized spacial score (nSPS) is 12.4. The van der Waals surface area contributed by atoms with E-state index < -0.39 is 0 Å². The second-order valence-electron chi connectivity index (χ2n) is 5.33. The second-order valence-corrected chi connectivity index (χ2v) is 5.33. The molecule has 1 atom stereocenters. The van der Waals surface area contributed by atoms with Crippen LogP contribution in [0.25, 0.3) is 0 Å². The molecule has 20 heavy (non-hydrogen) atoms. The van der Waals surface area contributed by atoms with Crippen molar-refractivity contribution in [3.05, 3.63) is 29.6 Å². The molecule has 0 radical (unpaired) electrons. The summed E-state index contributed by atoms with van der Waals surface area (Å²) in [5.74, 6) is 0.113. The zero-order valence-corrected chi connectivity index (χ0v) is 13.0. The van der Waals surface area contributed by atoms with Crippen LogP contribution in [0.5, 0.6) is 5.75 Å². The number of likely N-dealkylation sites (N-methyl/N-ethyl adjacent to an activating group) is 1. The fourth-order valence-corrected chi connectivity index (χ4v) is 2.48. The molecular formula is C17H28FNO. The van der Waals surface area contributed by atoms with Crippen molar-refractivity contribution < 1.29 is 9.13 Å². The molecule has 1 rings (SSSR count). The maximum atomic E-state index is 14.1. The number of hydrogen-bond acceptors (Lipinski definition) is 2. The predicted molar refractivity (Wildman–Crippen MR) is 82.9 cm³/mol. The average molecular weight is 281 g/mol. The summed E-state index contributed by atoms with van der Waals surface area (Å²) >= 11 is 0. The maximum Gasteiger partial charge on any atom is 0.168 e. The van der Waals surface area contributed by atoms with Gasteiger partial charge in [-0.25, -0.2) is 4.39 Å². The lowest BCUT2D eigenvalue weighted by Gasteiger charge is -2.17. The molecule has 0 aromatic heterocycles. The smallest absolute Gasteiger partial charge is 0.168 e.